The lowest BCUT2D eigenvalue weighted by atomic mass is 9.94. The summed E-state index contributed by atoms with van der Waals surface area (Å²) in [5.74, 6) is -5.44. The molecule has 10 nitrogen and oxygen atoms in total. The minimum Gasteiger partial charge on any atom is -0.478 e. The van der Waals surface area contributed by atoms with Crippen molar-refractivity contribution in [2.45, 2.75) is 65.3 Å². The molecule has 0 aliphatic heterocycles. The first-order valence-corrected chi connectivity index (χ1v) is 12.5. The Labute approximate surface area is 222 Å². The Morgan fingerprint density at radius 3 is 2.16 bits per heavy atom. The zero-order valence-corrected chi connectivity index (χ0v) is 22.1. The van der Waals surface area contributed by atoms with Crippen LogP contribution in [0.5, 0.6) is 0 Å². The van der Waals surface area contributed by atoms with E-state index in [1.54, 1.807) is 12.1 Å². The summed E-state index contributed by atoms with van der Waals surface area (Å²) < 4.78 is 0. The summed E-state index contributed by atoms with van der Waals surface area (Å²) in [6.45, 7) is 7.32. The van der Waals surface area contributed by atoms with E-state index in [0.717, 1.165) is 22.6 Å². The molecule has 0 bridgehead atoms. The molecule has 1 atom stereocenters. The third kappa shape index (κ3) is 7.25. The van der Waals surface area contributed by atoms with Gasteiger partial charge < -0.3 is 15.9 Å². The maximum absolute atomic E-state index is 12.9. The largest absolute Gasteiger partial charge is 0.478 e. The molecule has 0 heterocycles. The van der Waals surface area contributed by atoms with E-state index in [2.05, 4.69) is 0 Å². The lowest BCUT2D eigenvalue weighted by Gasteiger charge is -2.27. The zero-order chi connectivity index (χ0) is 28.6. The van der Waals surface area contributed by atoms with Crippen molar-refractivity contribution in [2.24, 2.45) is 5.73 Å². The summed E-state index contributed by atoms with van der Waals surface area (Å²) in [7, 11) is 0. The molecule has 3 amide bonds. The molecule has 0 unspecified atom stereocenters. The zero-order valence-electron chi connectivity index (χ0n) is 22.1. The number of anilines is 2. The molecule has 0 radical (unpaired) electrons. The molecule has 2 rings (SSSR count). The Kier molecular flexibility index (Phi) is 10.7. The average molecular weight is 526 g/mol. The predicted octanol–water partition coefficient (Wildman–Crippen LogP) is 3.69. The minimum atomic E-state index is -1.75. The number of benzene rings is 2. The maximum atomic E-state index is 12.9. The van der Waals surface area contributed by atoms with Crippen molar-refractivity contribution in [1.82, 2.24) is 4.90 Å². The summed E-state index contributed by atoms with van der Waals surface area (Å²) in [6.07, 6.45) is 2.61. The number of nitrogens with zero attached hydrogens (tertiary/aromatic N) is 2. The summed E-state index contributed by atoms with van der Waals surface area (Å²) >= 11 is 0. The summed E-state index contributed by atoms with van der Waals surface area (Å²) in [4.78, 5) is 63.4. The second-order valence-corrected chi connectivity index (χ2v) is 9.34. The summed E-state index contributed by atoms with van der Waals surface area (Å²) in [6, 6.07) is 9.50. The number of imide groups is 1. The molecule has 0 saturated carbocycles. The van der Waals surface area contributed by atoms with Gasteiger partial charge in [0.15, 0.2) is 0 Å². The molecule has 0 aliphatic rings. The Morgan fingerprint density at radius 1 is 0.947 bits per heavy atom. The fraction of sp³-hybridized carbons (Fsp3) is 0.393. The predicted molar refractivity (Wildman–Crippen MR) is 142 cm³/mol. The van der Waals surface area contributed by atoms with Gasteiger partial charge in [0.25, 0.3) is 0 Å². The first-order valence-electron chi connectivity index (χ1n) is 12.5. The summed E-state index contributed by atoms with van der Waals surface area (Å²) in [5, 5.41) is 19.2. The minimum absolute atomic E-state index is 0.0851. The molecule has 0 aliphatic carbocycles. The van der Waals surface area contributed by atoms with Gasteiger partial charge in [0.2, 0.25) is 11.8 Å². The molecule has 204 valence electrons. The van der Waals surface area contributed by atoms with Gasteiger partial charge in [-0.3, -0.25) is 24.2 Å². The molecule has 0 spiro atoms. The van der Waals surface area contributed by atoms with E-state index in [-0.39, 0.29) is 35.2 Å². The van der Waals surface area contributed by atoms with Crippen molar-refractivity contribution in [3.8, 4) is 0 Å². The van der Waals surface area contributed by atoms with Crippen molar-refractivity contribution in [1.29, 1.82) is 0 Å². The van der Waals surface area contributed by atoms with Crippen molar-refractivity contribution in [2.75, 3.05) is 11.4 Å². The number of unbranched alkanes of at least 4 members (excludes halogenated alkanes) is 2. The first kappa shape index (κ1) is 30.2. The highest BCUT2D eigenvalue weighted by molar-refractivity contribution is 6.39. The number of para-hydroxylation sites is 1. The molecular weight excluding hydrogens is 490 g/mol. The number of rotatable bonds is 11. The van der Waals surface area contributed by atoms with Gasteiger partial charge in [-0.25, -0.2) is 9.59 Å². The Hall–Kier alpha value is -4.05. The number of carbonyl (C=O) groups is 5. The average Bonchev–Trinajstić information content (AvgIpc) is 2.86. The van der Waals surface area contributed by atoms with Crippen LogP contribution >= 0.6 is 0 Å². The monoisotopic (exact) mass is 525 g/mol. The molecule has 2 aromatic carbocycles. The molecule has 0 aromatic heterocycles. The van der Waals surface area contributed by atoms with Gasteiger partial charge in [-0.15, -0.1) is 0 Å². The van der Waals surface area contributed by atoms with Crippen LogP contribution in [0, 0.1) is 0 Å². The van der Waals surface area contributed by atoms with Gasteiger partial charge in [-0.1, -0.05) is 57.9 Å². The lowest BCUT2D eigenvalue weighted by molar-refractivity contribution is -0.148. The van der Waals surface area contributed by atoms with E-state index in [1.165, 1.54) is 37.3 Å². The third-order valence-corrected chi connectivity index (χ3v) is 6.12. The van der Waals surface area contributed by atoms with E-state index in [4.69, 9.17) is 5.73 Å². The third-order valence-electron chi connectivity index (χ3n) is 6.12. The van der Waals surface area contributed by atoms with Crippen LogP contribution in [0.3, 0.4) is 0 Å². The molecule has 4 N–H and O–H groups in total. The highest BCUT2D eigenvalue weighted by atomic mass is 16.4. The van der Waals surface area contributed by atoms with Crippen LogP contribution in [0.4, 0.5) is 11.4 Å². The Bertz CT molecular complexity index is 1210. The van der Waals surface area contributed by atoms with E-state index in [1.807, 2.05) is 20.8 Å². The number of carboxylic acids is 2. The number of amides is 3. The standard InChI is InChI=1S/C28H35N3O7/c1-5-6-9-14-30(18(4)32)25(33)22(29)16-19-12-13-24(21(15-19)17(2)3)31(26(34)28(37)38)23-11-8-7-10-20(23)27(35)36/h7-8,10-13,15,17,22H,5-6,9,14,16,29H2,1-4H3,(H,35,36)(H,37,38)/t22-/m0/s1. The Balaban J connectivity index is 2.50. The Morgan fingerprint density at radius 2 is 1.61 bits per heavy atom. The topological polar surface area (TPSA) is 158 Å². The van der Waals surface area contributed by atoms with Crippen LogP contribution < -0.4 is 10.6 Å². The number of aliphatic carboxylic acids is 1. The van der Waals surface area contributed by atoms with E-state index < -0.39 is 29.8 Å². The van der Waals surface area contributed by atoms with Crippen molar-refractivity contribution in [3.05, 3.63) is 59.2 Å². The van der Waals surface area contributed by atoms with Crippen LogP contribution in [-0.2, 0) is 25.6 Å². The lowest BCUT2D eigenvalue weighted by Crippen LogP contribution is -2.47. The van der Waals surface area contributed by atoms with Gasteiger partial charge in [0.1, 0.15) is 0 Å². The van der Waals surface area contributed by atoms with Crippen LogP contribution in [-0.4, -0.2) is 57.4 Å². The smallest absolute Gasteiger partial charge is 0.395 e. The van der Waals surface area contributed by atoms with Gasteiger partial charge >= 0.3 is 17.8 Å². The number of hydrogen-bond donors (Lipinski definition) is 3. The van der Waals surface area contributed by atoms with Gasteiger partial charge in [0.05, 0.1) is 23.0 Å². The van der Waals surface area contributed by atoms with Crippen LogP contribution in [0.15, 0.2) is 42.5 Å². The van der Waals surface area contributed by atoms with Gasteiger partial charge in [0, 0.05) is 13.5 Å². The SMILES string of the molecule is CCCCCN(C(C)=O)C(=O)[C@@H](N)Cc1ccc(N(C(=O)C(=O)O)c2ccccc2C(=O)O)c(C(C)C)c1. The highest BCUT2D eigenvalue weighted by Gasteiger charge is 2.31. The van der Waals surface area contributed by atoms with Crippen molar-refractivity contribution < 1.29 is 34.2 Å². The summed E-state index contributed by atoms with van der Waals surface area (Å²) in [5.41, 5.74) is 7.28. The molecule has 0 fully saturated rings. The van der Waals surface area contributed by atoms with Crippen molar-refractivity contribution in [3.63, 3.8) is 0 Å². The van der Waals surface area contributed by atoms with Crippen LogP contribution in [0.2, 0.25) is 0 Å². The first-order chi connectivity index (χ1) is 17.9. The fourth-order valence-electron chi connectivity index (χ4n) is 4.17. The van der Waals surface area contributed by atoms with E-state index in [9.17, 15) is 34.2 Å². The number of hydrogen-bond acceptors (Lipinski definition) is 6. The molecule has 38 heavy (non-hydrogen) atoms. The maximum Gasteiger partial charge on any atom is 0.395 e. The number of nitrogens with two attached hydrogens (primary N) is 1. The number of aromatic carboxylic acids is 1. The number of carbonyl (C=O) groups excluding carboxylic acids is 3. The van der Waals surface area contributed by atoms with Crippen molar-refractivity contribution >= 4 is 41.0 Å². The molecule has 0 saturated heterocycles. The van der Waals surface area contributed by atoms with E-state index >= 15 is 0 Å². The van der Waals surface area contributed by atoms with Gasteiger partial charge in [-0.2, -0.15) is 0 Å². The van der Waals surface area contributed by atoms with Gasteiger partial charge in [-0.05, 0) is 48.1 Å². The fourth-order valence-corrected chi connectivity index (χ4v) is 4.17. The molecular formula is C28H35N3O7. The second kappa shape index (κ2) is 13.5. The molecule has 2 aromatic rings. The molecule has 10 heteroatoms. The number of carboxylic acid groups (broad SMARTS) is 2. The quantitative estimate of drug-likeness (QED) is 0.296. The van der Waals surface area contributed by atoms with Crippen LogP contribution in [0.25, 0.3) is 0 Å². The normalized spacial score (nSPS) is 11.6. The second-order valence-electron chi connectivity index (χ2n) is 9.34. The van der Waals surface area contributed by atoms with Crippen LogP contribution in [0.1, 0.15) is 74.4 Å². The highest BCUT2D eigenvalue weighted by Crippen LogP contribution is 2.36. The van der Waals surface area contributed by atoms with E-state index in [0.29, 0.717) is 24.1 Å².